The van der Waals surface area contributed by atoms with Gasteiger partial charge in [-0.05, 0) is 97.1 Å². The van der Waals surface area contributed by atoms with E-state index in [0.29, 0.717) is 49.7 Å². The summed E-state index contributed by atoms with van der Waals surface area (Å²) >= 11 is 0. The second-order valence-corrected chi connectivity index (χ2v) is 18.3. The highest BCUT2D eigenvalue weighted by Gasteiger charge is 2.38. The summed E-state index contributed by atoms with van der Waals surface area (Å²) in [5.41, 5.74) is 7.08. The van der Waals surface area contributed by atoms with E-state index in [1.165, 1.54) is 22.7 Å². The summed E-state index contributed by atoms with van der Waals surface area (Å²) in [7, 11) is 0. The largest absolute Gasteiger partial charge is 0.423 e. The number of carbonyl (C=O) groups excluding carboxylic acids is 4. The molecule has 0 saturated heterocycles. The van der Waals surface area contributed by atoms with Gasteiger partial charge in [-0.25, -0.2) is 19.2 Å². The first-order chi connectivity index (χ1) is 41.9. The Morgan fingerprint density at radius 3 is 0.459 bits per heavy atom. The van der Waals surface area contributed by atoms with Crippen molar-refractivity contribution in [3.05, 3.63) is 386 Å². The lowest BCUT2D eigenvalue weighted by Gasteiger charge is -2.37. The number of ether oxygens (including phenoxy) is 4. The summed E-state index contributed by atoms with van der Waals surface area (Å²) in [5, 5.41) is 0. The highest BCUT2D eigenvalue weighted by atomic mass is 16.5. The maximum atomic E-state index is 11.6. The molecular formula is C76H60NO8+. The maximum Gasteiger partial charge on any atom is 0.343 e. The molecule has 12 aromatic carbocycles. The molecule has 85 heavy (non-hydrogen) atoms. The molecule has 0 radical (unpaired) electrons. The predicted octanol–water partition coefficient (Wildman–Crippen LogP) is 18.6. The second kappa shape index (κ2) is 32.7. The van der Waals surface area contributed by atoms with Gasteiger partial charge in [0, 0.05) is 48.5 Å². The van der Waals surface area contributed by atoms with Gasteiger partial charge in [0.1, 0.15) is 45.7 Å². The van der Waals surface area contributed by atoms with E-state index in [1.807, 2.05) is 146 Å². The van der Waals surface area contributed by atoms with E-state index in [4.69, 9.17) is 18.9 Å². The minimum atomic E-state index is -0.332. The third kappa shape index (κ3) is 18.2. The number of esters is 4. The Morgan fingerprint density at radius 2 is 0.306 bits per heavy atom. The minimum absolute atomic E-state index is 0.332. The standard InChI is InChI=1S/C24H20N.4C13H10O2/c1-5-13-21(14-6-1)25(22-15-7-2-8-16-22,23-17-9-3-10-18-23)24-19-11-4-12-20-24;4*14-13(11-7-3-1-4-8-11)15-12-9-5-2-6-10-12/h1-20H;4*1-10H/q+1;;;;. The summed E-state index contributed by atoms with van der Waals surface area (Å²) < 4.78 is 21.2. The van der Waals surface area contributed by atoms with Crippen molar-refractivity contribution in [1.82, 2.24) is 4.48 Å². The molecule has 0 spiro atoms. The number of hydrogen-bond donors (Lipinski definition) is 0. The Balaban J connectivity index is 0.000000141. The van der Waals surface area contributed by atoms with Crippen LogP contribution in [0.15, 0.2) is 364 Å². The predicted molar refractivity (Wildman–Crippen MR) is 338 cm³/mol. The van der Waals surface area contributed by atoms with Gasteiger partial charge in [0.05, 0.1) is 22.3 Å². The molecule has 416 valence electrons. The molecule has 0 amide bonds. The van der Waals surface area contributed by atoms with Gasteiger partial charge in [-0.15, -0.1) is 0 Å². The Bertz CT molecular complexity index is 3320. The third-order valence-electron chi connectivity index (χ3n) is 12.4. The van der Waals surface area contributed by atoms with Crippen molar-refractivity contribution < 1.29 is 38.1 Å². The van der Waals surface area contributed by atoms with Crippen molar-refractivity contribution >= 4 is 46.6 Å². The summed E-state index contributed by atoms with van der Waals surface area (Å²) in [6, 6.07) is 115. The Morgan fingerprint density at radius 1 is 0.176 bits per heavy atom. The number of para-hydroxylation sites is 8. The fraction of sp³-hybridized carbons (Fsp3) is 0. The monoisotopic (exact) mass is 1110 g/mol. The lowest BCUT2D eigenvalue weighted by atomic mass is 10.1. The van der Waals surface area contributed by atoms with E-state index in [2.05, 4.69) is 121 Å². The average Bonchev–Trinajstić information content (AvgIpc) is 1.31. The lowest BCUT2D eigenvalue weighted by molar-refractivity contribution is 0.0725. The molecule has 0 saturated carbocycles. The molecule has 0 aromatic heterocycles. The summed E-state index contributed by atoms with van der Waals surface area (Å²) in [4.78, 5) is 46.4. The van der Waals surface area contributed by atoms with Crippen LogP contribution in [-0.4, -0.2) is 23.9 Å². The zero-order valence-electron chi connectivity index (χ0n) is 46.4. The van der Waals surface area contributed by atoms with E-state index in [9.17, 15) is 19.2 Å². The van der Waals surface area contributed by atoms with Gasteiger partial charge in [-0.1, -0.05) is 218 Å². The van der Waals surface area contributed by atoms with Crippen LogP contribution in [0, 0.1) is 0 Å². The fourth-order valence-corrected chi connectivity index (χ4v) is 8.42. The molecular weight excluding hydrogens is 1050 g/mol. The fourth-order valence-electron chi connectivity index (χ4n) is 8.42. The Hall–Kier alpha value is -11.5. The van der Waals surface area contributed by atoms with Crippen molar-refractivity contribution in [2.45, 2.75) is 0 Å². The van der Waals surface area contributed by atoms with Crippen LogP contribution in [0.25, 0.3) is 0 Å². The van der Waals surface area contributed by atoms with Crippen LogP contribution in [0.2, 0.25) is 0 Å². The Labute approximate surface area is 496 Å². The third-order valence-corrected chi connectivity index (χ3v) is 12.4. The van der Waals surface area contributed by atoms with Gasteiger partial charge in [-0.3, -0.25) is 0 Å². The van der Waals surface area contributed by atoms with Crippen molar-refractivity contribution in [1.29, 1.82) is 0 Å². The molecule has 0 aliphatic carbocycles. The maximum absolute atomic E-state index is 11.6. The van der Waals surface area contributed by atoms with Crippen LogP contribution < -0.4 is 23.4 Å². The van der Waals surface area contributed by atoms with Crippen LogP contribution in [0.5, 0.6) is 23.0 Å². The van der Waals surface area contributed by atoms with Gasteiger partial charge >= 0.3 is 23.9 Å². The molecule has 9 heteroatoms. The van der Waals surface area contributed by atoms with Crippen molar-refractivity contribution in [2.75, 3.05) is 0 Å². The van der Waals surface area contributed by atoms with E-state index >= 15 is 0 Å². The van der Waals surface area contributed by atoms with Gasteiger partial charge in [0.15, 0.2) is 0 Å². The quantitative estimate of drug-likeness (QED) is 0.0677. The first-order valence-corrected chi connectivity index (χ1v) is 27.3. The van der Waals surface area contributed by atoms with Gasteiger partial charge in [0.25, 0.3) is 0 Å². The van der Waals surface area contributed by atoms with E-state index in [-0.39, 0.29) is 23.9 Å². The van der Waals surface area contributed by atoms with Crippen molar-refractivity contribution in [2.24, 2.45) is 0 Å². The number of hydrogen-bond acceptors (Lipinski definition) is 8. The first-order valence-electron chi connectivity index (χ1n) is 27.3. The zero-order chi connectivity index (χ0) is 59.0. The molecule has 0 atom stereocenters. The molecule has 12 rings (SSSR count). The smallest absolute Gasteiger partial charge is 0.343 e. The zero-order valence-corrected chi connectivity index (χ0v) is 46.4. The van der Waals surface area contributed by atoms with Crippen LogP contribution in [0.3, 0.4) is 0 Å². The van der Waals surface area contributed by atoms with E-state index in [1.54, 1.807) is 97.1 Å². The summed E-state index contributed by atoms with van der Waals surface area (Å²) in [6.45, 7) is 0. The van der Waals surface area contributed by atoms with Gasteiger partial charge in [-0.2, -0.15) is 4.48 Å². The normalized spacial score (nSPS) is 10.1. The summed E-state index contributed by atoms with van der Waals surface area (Å²) in [6.07, 6.45) is 0. The van der Waals surface area contributed by atoms with Crippen molar-refractivity contribution in [3.63, 3.8) is 0 Å². The first kappa shape index (κ1) is 59.6. The highest BCUT2D eigenvalue weighted by Crippen LogP contribution is 2.50. The number of rotatable bonds is 12. The number of carbonyl (C=O) groups is 4. The van der Waals surface area contributed by atoms with Gasteiger partial charge < -0.3 is 18.9 Å². The molecule has 0 aliphatic rings. The van der Waals surface area contributed by atoms with Gasteiger partial charge in [0.2, 0.25) is 0 Å². The molecule has 0 heterocycles. The molecule has 0 unspecified atom stereocenters. The molecule has 12 aromatic rings. The topological polar surface area (TPSA) is 105 Å². The SMILES string of the molecule is O=C(Oc1ccccc1)c1ccccc1.O=C(Oc1ccccc1)c1ccccc1.O=C(Oc1ccccc1)c1ccccc1.O=C(Oc1ccccc1)c1ccccc1.c1ccc([N+](c2ccccc2)(c2ccccc2)c2ccccc2)cc1. The van der Waals surface area contributed by atoms with Crippen LogP contribution in [-0.2, 0) is 0 Å². The van der Waals surface area contributed by atoms with Crippen LogP contribution in [0.4, 0.5) is 22.7 Å². The Kier molecular flexibility index (Phi) is 22.9. The van der Waals surface area contributed by atoms with Crippen LogP contribution in [0.1, 0.15) is 41.4 Å². The van der Waals surface area contributed by atoms with Crippen molar-refractivity contribution in [3.8, 4) is 23.0 Å². The van der Waals surface area contributed by atoms with E-state index in [0.717, 1.165) is 0 Å². The second-order valence-electron chi connectivity index (χ2n) is 18.3. The number of quaternary nitrogens is 1. The molecule has 0 N–H and O–H groups in total. The minimum Gasteiger partial charge on any atom is -0.423 e. The molecule has 0 aliphatic heterocycles. The average molecular weight is 1120 g/mol. The molecule has 0 bridgehead atoms. The highest BCUT2D eigenvalue weighted by molar-refractivity contribution is 5.93. The van der Waals surface area contributed by atoms with Crippen LogP contribution >= 0.6 is 0 Å². The molecule has 0 fully saturated rings. The lowest BCUT2D eigenvalue weighted by Crippen LogP contribution is -2.33. The number of nitrogens with zero attached hydrogens (tertiary/aromatic N) is 1. The molecule has 9 nitrogen and oxygen atoms in total. The number of benzene rings is 12. The van der Waals surface area contributed by atoms with E-state index < -0.39 is 0 Å². The summed E-state index contributed by atoms with van der Waals surface area (Å²) in [5.74, 6) is 0.919.